The number of nitrogens with zero attached hydrogens (tertiary/aromatic N) is 3. The zero-order valence-corrected chi connectivity index (χ0v) is 15.0. The molecule has 138 valence electrons. The molecule has 0 unspecified atom stereocenters. The smallest absolute Gasteiger partial charge is 0.242 e. The molecule has 1 aromatic rings. The third kappa shape index (κ3) is 3.08. The number of piperazine rings is 1. The molecule has 0 radical (unpaired) electrons. The van der Waals surface area contributed by atoms with E-state index in [2.05, 4.69) is 17.0 Å². The fraction of sp³-hybridized carbons (Fsp3) is 0.550. The summed E-state index contributed by atoms with van der Waals surface area (Å²) in [6.07, 6.45) is 3.58. The number of anilines is 1. The van der Waals surface area contributed by atoms with Crippen molar-refractivity contribution in [3.63, 3.8) is 0 Å². The van der Waals surface area contributed by atoms with Gasteiger partial charge in [-0.1, -0.05) is 31.0 Å². The van der Waals surface area contributed by atoms with Crippen LogP contribution in [0.15, 0.2) is 30.3 Å². The summed E-state index contributed by atoms with van der Waals surface area (Å²) in [6.45, 7) is 2.69. The van der Waals surface area contributed by atoms with Gasteiger partial charge in [0.25, 0.3) is 0 Å². The van der Waals surface area contributed by atoms with Crippen LogP contribution in [0.25, 0.3) is 0 Å². The van der Waals surface area contributed by atoms with Crippen LogP contribution in [-0.4, -0.2) is 60.2 Å². The minimum atomic E-state index is -0.182. The van der Waals surface area contributed by atoms with Crippen molar-refractivity contribution in [2.75, 3.05) is 37.6 Å². The molecule has 1 saturated carbocycles. The molecule has 3 fully saturated rings. The second-order valence-corrected chi connectivity index (χ2v) is 7.46. The van der Waals surface area contributed by atoms with Crippen LogP contribution in [-0.2, 0) is 14.4 Å². The van der Waals surface area contributed by atoms with Gasteiger partial charge in [-0.25, -0.2) is 0 Å². The Morgan fingerprint density at radius 3 is 2.04 bits per heavy atom. The number of likely N-dealkylation sites (tertiary alicyclic amines) is 1. The van der Waals surface area contributed by atoms with Crippen molar-refractivity contribution < 1.29 is 14.4 Å². The molecule has 1 aliphatic carbocycles. The molecule has 2 aliphatic heterocycles. The van der Waals surface area contributed by atoms with E-state index in [0.717, 1.165) is 44.5 Å². The van der Waals surface area contributed by atoms with Crippen molar-refractivity contribution in [3.05, 3.63) is 30.3 Å². The minimum Gasteiger partial charge on any atom is -0.368 e. The Bertz CT molecular complexity index is 674. The molecule has 3 aliphatic rings. The number of benzene rings is 1. The summed E-state index contributed by atoms with van der Waals surface area (Å²) in [4.78, 5) is 43.0. The second kappa shape index (κ2) is 7.09. The lowest BCUT2D eigenvalue weighted by Crippen LogP contribution is -2.52. The van der Waals surface area contributed by atoms with Crippen LogP contribution in [0.4, 0.5) is 5.69 Å². The molecule has 1 aromatic carbocycles. The third-order valence-corrected chi connectivity index (χ3v) is 5.98. The van der Waals surface area contributed by atoms with E-state index in [0.29, 0.717) is 13.1 Å². The zero-order valence-electron chi connectivity index (χ0n) is 15.0. The molecule has 0 N–H and O–H groups in total. The molecule has 0 bridgehead atoms. The second-order valence-electron chi connectivity index (χ2n) is 7.46. The highest BCUT2D eigenvalue weighted by Crippen LogP contribution is 2.37. The first-order valence-electron chi connectivity index (χ1n) is 9.58. The van der Waals surface area contributed by atoms with Gasteiger partial charge in [-0.2, -0.15) is 0 Å². The molecule has 4 rings (SSSR count). The number of imide groups is 1. The van der Waals surface area contributed by atoms with Crippen molar-refractivity contribution in [3.8, 4) is 0 Å². The minimum absolute atomic E-state index is 0.0873. The van der Waals surface area contributed by atoms with Crippen molar-refractivity contribution in [1.82, 2.24) is 9.80 Å². The standard InChI is InChI=1S/C20H25N3O3/c24-18(14-23-19(25)16-8-4-5-9-17(16)20(23)26)22-12-10-21(11-13-22)15-6-2-1-3-7-15/h1-3,6-7,16-17H,4-5,8-14H2/t16-,17-/m1/s1. The number of carbonyl (C=O) groups excluding carboxylic acids is 3. The van der Waals surface area contributed by atoms with Gasteiger partial charge < -0.3 is 9.80 Å². The van der Waals surface area contributed by atoms with Crippen LogP contribution in [0.2, 0.25) is 0 Å². The first-order chi connectivity index (χ1) is 12.6. The Kier molecular flexibility index (Phi) is 4.66. The van der Waals surface area contributed by atoms with Crippen LogP contribution in [0, 0.1) is 11.8 Å². The summed E-state index contributed by atoms with van der Waals surface area (Å²) in [5.74, 6) is -0.733. The monoisotopic (exact) mass is 355 g/mol. The van der Waals surface area contributed by atoms with Gasteiger partial charge in [-0.3, -0.25) is 19.3 Å². The molecule has 2 atom stereocenters. The predicted molar refractivity (Wildman–Crippen MR) is 97.4 cm³/mol. The summed E-state index contributed by atoms with van der Waals surface area (Å²) < 4.78 is 0. The lowest BCUT2D eigenvalue weighted by atomic mass is 9.81. The number of rotatable bonds is 3. The Morgan fingerprint density at radius 2 is 1.46 bits per heavy atom. The highest BCUT2D eigenvalue weighted by molar-refractivity contribution is 6.07. The Morgan fingerprint density at radius 1 is 0.885 bits per heavy atom. The van der Waals surface area contributed by atoms with Crippen LogP contribution in [0.3, 0.4) is 0 Å². The average Bonchev–Trinajstić information content (AvgIpc) is 2.94. The SMILES string of the molecule is O=C(CN1C(=O)[C@@H]2CCCC[C@H]2C1=O)N1CCN(c2ccccc2)CC1. The summed E-state index contributed by atoms with van der Waals surface area (Å²) in [5, 5.41) is 0. The van der Waals surface area contributed by atoms with E-state index in [-0.39, 0.29) is 36.1 Å². The highest BCUT2D eigenvalue weighted by atomic mass is 16.2. The van der Waals surface area contributed by atoms with E-state index in [1.165, 1.54) is 4.90 Å². The van der Waals surface area contributed by atoms with Crippen molar-refractivity contribution in [2.24, 2.45) is 11.8 Å². The largest absolute Gasteiger partial charge is 0.368 e. The molecule has 26 heavy (non-hydrogen) atoms. The van der Waals surface area contributed by atoms with Gasteiger partial charge in [0, 0.05) is 31.9 Å². The van der Waals surface area contributed by atoms with E-state index in [4.69, 9.17) is 0 Å². The summed E-state index contributed by atoms with van der Waals surface area (Å²) >= 11 is 0. The van der Waals surface area contributed by atoms with Crippen LogP contribution in [0.1, 0.15) is 25.7 Å². The number of carbonyl (C=O) groups is 3. The maximum atomic E-state index is 12.7. The third-order valence-electron chi connectivity index (χ3n) is 5.98. The van der Waals surface area contributed by atoms with Crippen LogP contribution >= 0.6 is 0 Å². The van der Waals surface area contributed by atoms with Gasteiger partial charge in [-0.15, -0.1) is 0 Å². The Labute approximate surface area is 153 Å². The maximum Gasteiger partial charge on any atom is 0.242 e. The lowest BCUT2D eigenvalue weighted by Gasteiger charge is -2.36. The maximum absolute atomic E-state index is 12.7. The first kappa shape index (κ1) is 17.1. The Hall–Kier alpha value is -2.37. The van der Waals surface area contributed by atoms with Gasteiger partial charge in [0.2, 0.25) is 17.7 Å². The van der Waals surface area contributed by atoms with E-state index in [1.54, 1.807) is 4.90 Å². The highest BCUT2D eigenvalue weighted by Gasteiger charge is 2.48. The fourth-order valence-electron chi connectivity index (χ4n) is 4.47. The zero-order chi connectivity index (χ0) is 18.1. The average molecular weight is 355 g/mol. The number of hydrogen-bond donors (Lipinski definition) is 0. The summed E-state index contributed by atoms with van der Waals surface area (Å²) in [5.41, 5.74) is 1.16. The molecule has 2 saturated heterocycles. The van der Waals surface area contributed by atoms with Crippen molar-refractivity contribution in [2.45, 2.75) is 25.7 Å². The molecule has 3 amide bonds. The van der Waals surface area contributed by atoms with Gasteiger partial charge in [0.05, 0.1) is 11.8 Å². The van der Waals surface area contributed by atoms with Gasteiger partial charge >= 0.3 is 0 Å². The number of amides is 3. The molecule has 2 heterocycles. The molecule has 0 spiro atoms. The van der Waals surface area contributed by atoms with E-state index < -0.39 is 0 Å². The van der Waals surface area contributed by atoms with Crippen LogP contribution in [0.5, 0.6) is 0 Å². The number of para-hydroxylation sites is 1. The van der Waals surface area contributed by atoms with E-state index >= 15 is 0 Å². The molecule has 6 heteroatoms. The molecular weight excluding hydrogens is 330 g/mol. The number of fused-ring (bicyclic) bond motifs is 1. The number of hydrogen-bond acceptors (Lipinski definition) is 4. The normalized spacial score (nSPS) is 26.2. The van der Waals surface area contributed by atoms with E-state index in [9.17, 15) is 14.4 Å². The summed E-state index contributed by atoms with van der Waals surface area (Å²) in [7, 11) is 0. The van der Waals surface area contributed by atoms with Gasteiger partial charge in [-0.05, 0) is 25.0 Å². The summed E-state index contributed by atoms with van der Waals surface area (Å²) in [6, 6.07) is 10.2. The molecule has 6 nitrogen and oxygen atoms in total. The van der Waals surface area contributed by atoms with Crippen molar-refractivity contribution in [1.29, 1.82) is 0 Å². The molecular formula is C20H25N3O3. The van der Waals surface area contributed by atoms with E-state index in [1.807, 2.05) is 18.2 Å². The van der Waals surface area contributed by atoms with Crippen LogP contribution < -0.4 is 4.90 Å². The molecule has 0 aromatic heterocycles. The van der Waals surface area contributed by atoms with Gasteiger partial charge in [0.1, 0.15) is 6.54 Å². The van der Waals surface area contributed by atoms with Crippen molar-refractivity contribution >= 4 is 23.4 Å². The first-order valence-corrected chi connectivity index (χ1v) is 9.58. The predicted octanol–water partition coefficient (Wildman–Crippen LogP) is 1.51. The fourth-order valence-corrected chi connectivity index (χ4v) is 4.47. The quantitative estimate of drug-likeness (QED) is 0.771. The lowest BCUT2D eigenvalue weighted by molar-refractivity contribution is -0.146. The topological polar surface area (TPSA) is 60.9 Å². The Balaban J connectivity index is 1.34. The van der Waals surface area contributed by atoms with Gasteiger partial charge in [0.15, 0.2) is 0 Å².